The number of likely N-dealkylation sites (N-methyl/N-ethyl adjacent to an activating group) is 1. The molecule has 3 aromatic rings. The van der Waals surface area contributed by atoms with Crippen LogP contribution in [0, 0.1) is 12.8 Å². The lowest BCUT2D eigenvalue weighted by Gasteiger charge is -2.16. The van der Waals surface area contributed by atoms with E-state index >= 15 is 0 Å². The minimum absolute atomic E-state index is 0.217. The van der Waals surface area contributed by atoms with E-state index in [4.69, 9.17) is 0 Å². The van der Waals surface area contributed by atoms with Crippen LogP contribution in [0.2, 0.25) is 0 Å². The van der Waals surface area contributed by atoms with Crippen molar-refractivity contribution in [2.75, 3.05) is 18.9 Å². The number of anilines is 1. The van der Waals surface area contributed by atoms with Crippen LogP contribution in [0.1, 0.15) is 29.2 Å². The van der Waals surface area contributed by atoms with Crippen LogP contribution in [0.4, 0.5) is 18.9 Å². The number of nitrogens with zero attached hydrogens (tertiary/aromatic N) is 3. The number of rotatable bonds is 7. The number of carbonyl (C=O) groups excluding carboxylic acids is 2. The van der Waals surface area contributed by atoms with E-state index in [9.17, 15) is 22.8 Å². The summed E-state index contributed by atoms with van der Waals surface area (Å²) in [5.74, 6) is -0.766. The highest BCUT2D eigenvalue weighted by Gasteiger charge is 2.31. The van der Waals surface area contributed by atoms with E-state index in [2.05, 4.69) is 29.0 Å². The van der Waals surface area contributed by atoms with Gasteiger partial charge in [0.2, 0.25) is 5.91 Å². The molecule has 0 aliphatic carbocycles. The molecule has 0 radical (unpaired) electrons. The van der Waals surface area contributed by atoms with Crippen molar-refractivity contribution in [2.24, 2.45) is 5.92 Å². The second kappa shape index (κ2) is 9.19. The first-order chi connectivity index (χ1) is 14.9. The van der Waals surface area contributed by atoms with Crippen molar-refractivity contribution < 1.29 is 27.5 Å². The first-order valence-electron chi connectivity index (χ1n) is 9.81. The van der Waals surface area contributed by atoms with Crippen molar-refractivity contribution >= 4 is 39.1 Å². The molecular formula is C21H23F3N4O3S. The highest BCUT2D eigenvalue weighted by atomic mass is 32.1. The van der Waals surface area contributed by atoms with Crippen molar-refractivity contribution in [3.05, 3.63) is 40.9 Å². The summed E-state index contributed by atoms with van der Waals surface area (Å²) >= 11 is 1.33. The standard InChI is InChI=1S/C21H23F3N4O3S/c1-12(2)10-28-20-16(13(3)26-28)9-17(32-20)19(30)27(4)11-18(29)25-14-5-7-15(8-6-14)31-21(22,23)24/h5-9,12H,10-11H2,1-4H3,(H,25,29). The van der Waals surface area contributed by atoms with Gasteiger partial charge in [-0.25, -0.2) is 0 Å². The number of fused-ring (bicyclic) bond motifs is 1. The number of aryl methyl sites for hydroxylation is 1. The van der Waals surface area contributed by atoms with Crippen LogP contribution >= 0.6 is 11.3 Å². The molecule has 0 saturated heterocycles. The van der Waals surface area contributed by atoms with Crippen LogP contribution in [0.5, 0.6) is 5.75 Å². The third-order valence-electron chi connectivity index (χ3n) is 4.46. The summed E-state index contributed by atoms with van der Waals surface area (Å²) in [7, 11) is 1.51. The first kappa shape index (κ1) is 23.6. The van der Waals surface area contributed by atoms with Gasteiger partial charge < -0.3 is 15.0 Å². The van der Waals surface area contributed by atoms with Crippen LogP contribution in [-0.4, -0.2) is 46.4 Å². The van der Waals surface area contributed by atoms with E-state index in [1.807, 2.05) is 11.6 Å². The van der Waals surface area contributed by atoms with Crippen molar-refractivity contribution in [3.63, 3.8) is 0 Å². The number of ether oxygens (including phenoxy) is 1. The van der Waals surface area contributed by atoms with Crippen molar-refractivity contribution in [3.8, 4) is 5.75 Å². The van der Waals surface area contributed by atoms with Crippen molar-refractivity contribution in [1.29, 1.82) is 0 Å². The Labute approximate surface area is 186 Å². The number of carbonyl (C=O) groups is 2. The lowest BCUT2D eigenvalue weighted by atomic mass is 10.2. The number of hydrogen-bond acceptors (Lipinski definition) is 5. The molecule has 0 aliphatic heterocycles. The maximum atomic E-state index is 12.8. The highest BCUT2D eigenvalue weighted by molar-refractivity contribution is 7.20. The summed E-state index contributed by atoms with van der Waals surface area (Å²) in [6, 6.07) is 6.55. The third-order valence-corrected chi connectivity index (χ3v) is 5.59. The smallest absolute Gasteiger partial charge is 0.406 e. The number of halogens is 3. The van der Waals surface area contributed by atoms with Gasteiger partial charge in [-0.1, -0.05) is 13.8 Å². The Kier molecular flexibility index (Phi) is 6.77. The van der Waals surface area contributed by atoms with E-state index < -0.39 is 12.3 Å². The molecule has 11 heteroatoms. The average Bonchev–Trinajstić information content (AvgIpc) is 3.22. The molecule has 0 unspecified atom stereocenters. The van der Waals surface area contributed by atoms with E-state index in [1.165, 1.54) is 35.4 Å². The minimum atomic E-state index is -4.79. The lowest BCUT2D eigenvalue weighted by molar-refractivity contribution is -0.274. The van der Waals surface area contributed by atoms with E-state index in [-0.39, 0.29) is 23.9 Å². The van der Waals surface area contributed by atoms with E-state index in [0.717, 1.165) is 34.6 Å². The molecule has 0 fully saturated rings. The summed E-state index contributed by atoms with van der Waals surface area (Å²) in [4.78, 5) is 27.8. The van der Waals surface area contributed by atoms with Gasteiger partial charge in [0.1, 0.15) is 10.6 Å². The summed E-state index contributed by atoms with van der Waals surface area (Å²) in [6.45, 7) is 6.59. The molecule has 1 N–H and O–H groups in total. The minimum Gasteiger partial charge on any atom is -0.406 e. The monoisotopic (exact) mass is 468 g/mol. The fourth-order valence-corrected chi connectivity index (χ4v) is 4.27. The lowest BCUT2D eigenvalue weighted by Crippen LogP contribution is -2.34. The summed E-state index contributed by atoms with van der Waals surface area (Å²) < 4.78 is 42.4. The molecule has 2 amide bonds. The zero-order valence-corrected chi connectivity index (χ0v) is 18.8. The van der Waals surface area contributed by atoms with Gasteiger partial charge in [-0.15, -0.1) is 24.5 Å². The Hall–Kier alpha value is -3.08. The van der Waals surface area contributed by atoms with Crippen molar-refractivity contribution in [1.82, 2.24) is 14.7 Å². The molecule has 0 aliphatic rings. The van der Waals surface area contributed by atoms with Gasteiger partial charge in [-0.2, -0.15) is 5.10 Å². The second-order valence-electron chi connectivity index (χ2n) is 7.77. The molecule has 0 spiro atoms. The number of amides is 2. The Morgan fingerprint density at radius 2 is 1.91 bits per heavy atom. The van der Waals surface area contributed by atoms with Crippen LogP contribution in [0.15, 0.2) is 30.3 Å². The third kappa shape index (κ3) is 5.78. The Morgan fingerprint density at radius 3 is 2.50 bits per heavy atom. The van der Waals surface area contributed by atoms with Gasteiger partial charge in [-0.05, 0) is 43.2 Å². The topological polar surface area (TPSA) is 76.5 Å². The average molecular weight is 469 g/mol. The van der Waals surface area contributed by atoms with Gasteiger partial charge in [-0.3, -0.25) is 14.3 Å². The first-order valence-corrected chi connectivity index (χ1v) is 10.6. The molecule has 172 valence electrons. The predicted octanol–water partition coefficient (Wildman–Crippen LogP) is 4.67. The van der Waals surface area contributed by atoms with Crippen LogP contribution in [0.25, 0.3) is 10.2 Å². The molecule has 2 heterocycles. The normalized spacial score (nSPS) is 11.8. The Morgan fingerprint density at radius 1 is 1.25 bits per heavy atom. The number of thiophene rings is 1. The molecular weight excluding hydrogens is 445 g/mol. The molecule has 0 bridgehead atoms. The molecule has 32 heavy (non-hydrogen) atoms. The molecule has 7 nitrogen and oxygen atoms in total. The Balaban J connectivity index is 1.63. The maximum Gasteiger partial charge on any atom is 0.573 e. The van der Waals surface area contributed by atoms with Gasteiger partial charge in [0.15, 0.2) is 0 Å². The van der Waals surface area contributed by atoms with Crippen LogP contribution < -0.4 is 10.1 Å². The summed E-state index contributed by atoms with van der Waals surface area (Å²) in [5, 5.41) is 7.99. The number of benzene rings is 1. The molecule has 2 aromatic heterocycles. The van der Waals surface area contributed by atoms with Gasteiger partial charge >= 0.3 is 6.36 Å². The quantitative estimate of drug-likeness (QED) is 0.547. The number of aromatic nitrogens is 2. The second-order valence-corrected chi connectivity index (χ2v) is 8.80. The molecule has 3 rings (SSSR count). The molecule has 0 atom stereocenters. The zero-order valence-electron chi connectivity index (χ0n) is 18.0. The summed E-state index contributed by atoms with van der Waals surface area (Å²) in [6.07, 6.45) is -4.79. The fraction of sp³-hybridized carbons (Fsp3) is 0.381. The van der Waals surface area contributed by atoms with Gasteiger partial charge in [0, 0.05) is 24.7 Å². The van der Waals surface area contributed by atoms with Crippen LogP contribution in [-0.2, 0) is 11.3 Å². The van der Waals surface area contributed by atoms with Gasteiger partial charge in [0.25, 0.3) is 5.91 Å². The number of hydrogen-bond donors (Lipinski definition) is 1. The van der Waals surface area contributed by atoms with E-state index in [1.54, 1.807) is 6.07 Å². The fourth-order valence-electron chi connectivity index (χ4n) is 3.10. The number of alkyl halides is 3. The number of nitrogens with one attached hydrogen (secondary N) is 1. The molecule has 0 saturated carbocycles. The summed E-state index contributed by atoms with van der Waals surface area (Å²) in [5.41, 5.74) is 1.13. The maximum absolute atomic E-state index is 12.8. The van der Waals surface area contributed by atoms with Crippen molar-refractivity contribution in [2.45, 2.75) is 33.7 Å². The van der Waals surface area contributed by atoms with E-state index in [0.29, 0.717) is 10.8 Å². The predicted molar refractivity (Wildman–Crippen MR) is 116 cm³/mol. The highest BCUT2D eigenvalue weighted by Crippen LogP contribution is 2.29. The molecule has 1 aromatic carbocycles. The van der Waals surface area contributed by atoms with Gasteiger partial charge in [0.05, 0.1) is 17.1 Å². The largest absolute Gasteiger partial charge is 0.573 e. The Bertz CT molecular complexity index is 1120. The zero-order chi connectivity index (χ0) is 23.6. The van der Waals surface area contributed by atoms with Crippen LogP contribution in [0.3, 0.4) is 0 Å². The SMILES string of the molecule is Cc1nn(CC(C)C)c2sc(C(=O)N(C)CC(=O)Nc3ccc(OC(F)(F)F)cc3)cc12.